The average molecular weight is 293 g/mol. The lowest BCUT2D eigenvalue weighted by atomic mass is 10.1. The van der Waals surface area contributed by atoms with Gasteiger partial charge in [-0.1, -0.05) is 42.0 Å². The van der Waals surface area contributed by atoms with E-state index in [2.05, 4.69) is 9.72 Å². The van der Waals surface area contributed by atoms with Gasteiger partial charge >= 0.3 is 6.16 Å². The monoisotopic (exact) mass is 293 g/mol. The molecule has 0 radical (unpaired) electrons. The van der Waals surface area contributed by atoms with Gasteiger partial charge in [0, 0.05) is 17.0 Å². The van der Waals surface area contributed by atoms with Crippen molar-refractivity contribution in [1.82, 2.24) is 4.98 Å². The van der Waals surface area contributed by atoms with E-state index in [-0.39, 0.29) is 0 Å². The highest BCUT2D eigenvalue weighted by molar-refractivity contribution is 5.90. The zero-order chi connectivity index (χ0) is 15.5. The highest BCUT2D eigenvalue weighted by atomic mass is 16.7. The van der Waals surface area contributed by atoms with Crippen LogP contribution in [0.2, 0.25) is 0 Å². The third-order valence-corrected chi connectivity index (χ3v) is 3.36. The number of hydrogen-bond donors (Lipinski definition) is 0. The van der Waals surface area contributed by atoms with E-state index < -0.39 is 6.16 Å². The molecule has 1 aromatic heterocycles. The van der Waals surface area contributed by atoms with Crippen LogP contribution in [-0.4, -0.2) is 18.2 Å². The predicted molar refractivity (Wildman–Crippen MR) is 84.9 cm³/mol. The molecule has 3 aromatic rings. The largest absolute Gasteiger partial charge is 0.513 e. The van der Waals surface area contributed by atoms with Gasteiger partial charge in [0.15, 0.2) is 0 Å². The van der Waals surface area contributed by atoms with Crippen molar-refractivity contribution in [2.75, 3.05) is 7.11 Å². The van der Waals surface area contributed by atoms with Gasteiger partial charge in [-0.25, -0.2) is 9.78 Å². The Labute approximate surface area is 128 Å². The van der Waals surface area contributed by atoms with E-state index >= 15 is 0 Å². The second-order valence-corrected chi connectivity index (χ2v) is 4.95. The molecule has 0 saturated carbocycles. The van der Waals surface area contributed by atoms with Gasteiger partial charge in [-0.2, -0.15) is 0 Å². The second-order valence-electron chi connectivity index (χ2n) is 4.95. The van der Waals surface area contributed by atoms with Crippen molar-refractivity contribution in [2.45, 2.75) is 6.92 Å². The number of fused-ring (bicyclic) bond motifs is 1. The zero-order valence-electron chi connectivity index (χ0n) is 12.4. The van der Waals surface area contributed by atoms with Crippen molar-refractivity contribution in [2.24, 2.45) is 0 Å². The van der Waals surface area contributed by atoms with E-state index in [1.807, 2.05) is 55.5 Å². The summed E-state index contributed by atoms with van der Waals surface area (Å²) in [7, 11) is 1.29. The van der Waals surface area contributed by atoms with Gasteiger partial charge in [0.1, 0.15) is 5.75 Å². The Kier molecular flexibility index (Phi) is 3.74. The molecule has 2 aromatic carbocycles. The molecular formula is C18H15NO3. The van der Waals surface area contributed by atoms with Crippen LogP contribution >= 0.6 is 0 Å². The summed E-state index contributed by atoms with van der Waals surface area (Å²) in [6.07, 6.45) is -0.743. The third kappa shape index (κ3) is 2.76. The molecule has 0 spiro atoms. The molecule has 0 aliphatic heterocycles. The van der Waals surface area contributed by atoms with Crippen LogP contribution in [0.4, 0.5) is 4.79 Å². The first kappa shape index (κ1) is 14.1. The van der Waals surface area contributed by atoms with Crippen molar-refractivity contribution >= 4 is 17.1 Å². The maximum absolute atomic E-state index is 11.5. The van der Waals surface area contributed by atoms with Gasteiger partial charge < -0.3 is 9.47 Å². The second kappa shape index (κ2) is 5.85. The number of rotatable bonds is 2. The Morgan fingerprint density at radius 3 is 2.55 bits per heavy atom. The Hall–Kier alpha value is -2.88. The van der Waals surface area contributed by atoms with Gasteiger partial charge in [0.25, 0.3) is 0 Å². The molecule has 0 bridgehead atoms. The van der Waals surface area contributed by atoms with Crippen LogP contribution in [0.15, 0.2) is 54.6 Å². The van der Waals surface area contributed by atoms with Crippen LogP contribution in [0.3, 0.4) is 0 Å². The summed E-state index contributed by atoms with van der Waals surface area (Å²) in [5.41, 5.74) is 3.54. The molecular weight excluding hydrogens is 278 g/mol. The van der Waals surface area contributed by atoms with Crippen molar-refractivity contribution in [3.8, 4) is 17.0 Å². The summed E-state index contributed by atoms with van der Waals surface area (Å²) in [6.45, 7) is 1.98. The number of nitrogens with zero attached hydrogens (tertiary/aromatic N) is 1. The maximum Gasteiger partial charge on any atom is 0.513 e. The third-order valence-electron chi connectivity index (χ3n) is 3.36. The number of pyridine rings is 1. The van der Waals surface area contributed by atoms with E-state index in [0.29, 0.717) is 5.75 Å². The Balaban J connectivity index is 2.20. The number of benzene rings is 2. The molecule has 22 heavy (non-hydrogen) atoms. The fourth-order valence-electron chi connectivity index (χ4n) is 2.28. The molecule has 0 saturated heterocycles. The number of carbonyl (C=O) groups excluding carboxylic acids is 1. The Bertz CT molecular complexity index is 828. The van der Waals surface area contributed by atoms with E-state index in [9.17, 15) is 4.79 Å². The molecule has 0 amide bonds. The Morgan fingerprint density at radius 2 is 1.82 bits per heavy atom. The smallest absolute Gasteiger partial charge is 0.437 e. The van der Waals surface area contributed by atoms with Gasteiger partial charge in [-0.15, -0.1) is 0 Å². The first-order valence-corrected chi connectivity index (χ1v) is 6.90. The lowest BCUT2D eigenvalue weighted by Crippen LogP contribution is -2.08. The standard InChI is InChI=1S/C18H15NO3/c1-12-8-9-15-14(10-12)17(22-18(20)21-2)11-16(19-15)13-6-4-3-5-7-13/h3-11H,1-2H3. The van der Waals surface area contributed by atoms with Crippen LogP contribution in [0.5, 0.6) is 5.75 Å². The van der Waals surface area contributed by atoms with Crippen LogP contribution in [0, 0.1) is 6.92 Å². The molecule has 4 heteroatoms. The number of aryl methyl sites for hydroxylation is 1. The van der Waals surface area contributed by atoms with Crippen LogP contribution in [0.1, 0.15) is 5.56 Å². The molecule has 4 nitrogen and oxygen atoms in total. The van der Waals surface area contributed by atoms with Crippen molar-refractivity contribution in [3.05, 3.63) is 60.2 Å². The van der Waals surface area contributed by atoms with Gasteiger partial charge in [0.2, 0.25) is 0 Å². The normalized spacial score (nSPS) is 10.5. The van der Waals surface area contributed by atoms with Gasteiger partial charge in [-0.3, -0.25) is 0 Å². The zero-order valence-corrected chi connectivity index (χ0v) is 12.4. The van der Waals surface area contributed by atoms with Crippen molar-refractivity contribution in [1.29, 1.82) is 0 Å². The van der Waals surface area contributed by atoms with Crippen molar-refractivity contribution in [3.63, 3.8) is 0 Å². The Morgan fingerprint density at radius 1 is 1.05 bits per heavy atom. The lowest BCUT2D eigenvalue weighted by molar-refractivity contribution is 0.122. The molecule has 3 rings (SSSR count). The highest BCUT2D eigenvalue weighted by Gasteiger charge is 2.12. The number of aromatic nitrogens is 1. The summed E-state index contributed by atoms with van der Waals surface area (Å²) < 4.78 is 9.89. The minimum Gasteiger partial charge on any atom is -0.437 e. The van der Waals surface area contributed by atoms with Gasteiger partial charge in [-0.05, 0) is 19.1 Å². The minimum atomic E-state index is -0.743. The van der Waals surface area contributed by atoms with Crippen molar-refractivity contribution < 1.29 is 14.3 Å². The molecule has 0 fully saturated rings. The van der Waals surface area contributed by atoms with E-state index in [1.165, 1.54) is 7.11 Å². The number of carbonyl (C=O) groups is 1. The first-order chi connectivity index (χ1) is 10.7. The number of hydrogen-bond acceptors (Lipinski definition) is 4. The molecule has 0 aliphatic rings. The summed E-state index contributed by atoms with van der Waals surface area (Å²) in [6, 6.07) is 17.3. The highest BCUT2D eigenvalue weighted by Crippen LogP contribution is 2.31. The van der Waals surface area contributed by atoms with Crippen LogP contribution < -0.4 is 4.74 Å². The quantitative estimate of drug-likeness (QED) is 0.659. The number of methoxy groups -OCH3 is 1. The molecule has 0 aliphatic carbocycles. The maximum atomic E-state index is 11.5. The molecule has 0 atom stereocenters. The lowest BCUT2D eigenvalue weighted by Gasteiger charge is -2.10. The van der Waals surface area contributed by atoms with E-state index in [1.54, 1.807) is 6.07 Å². The topological polar surface area (TPSA) is 48.4 Å². The summed E-state index contributed by atoms with van der Waals surface area (Å²) in [4.78, 5) is 16.1. The average Bonchev–Trinajstić information content (AvgIpc) is 2.55. The van der Waals surface area contributed by atoms with Crippen LogP contribution in [-0.2, 0) is 4.74 Å². The predicted octanol–water partition coefficient (Wildman–Crippen LogP) is 4.36. The minimum absolute atomic E-state index is 0.444. The molecule has 110 valence electrons. The van der Waals surface area contributed by atoms with E-state index in [4.69, 9.17) is 4.74 Å². The summed E-state index contributed by atoms with van der Waals surface area (Å²) in [5.74, 6) is 0.444. The SMILES string of the molecule is COC(=O)Oc1cc(-c2ccccc2)nc2ccc(C)cc12. The fraction of sp³-hybridized carbons (Fsp3) is 0.111. The molecule has 1 heterocycles. The fourth-order valence-corrected chi connectivity index (χ4v) is 2.28. The van der Waals surface area contributed by atoms with E-state index in [0.717, 1.165) is 27.7 Å². The van der Waals surface area contributed by atoms with Gasteiger partial charge in [0.05, 0.1) is 18.3 Å². The summed E-state index contributed by atoms with van der Waals surface area (Å²) >= 11 is 0. The number of ether oxygens (including phenoxy) is 2. The summed E-state index contributed by atoms with van der Waals surface area (Å²) in [5, 5.41) is 0.782. The first-order valence-electron chi connectivity index (χ1n) is 6.90. The molecule has 0 N–H and O–H groups in total. The van der Waals surface area contributed by atoms with Crippen LogP contribution in [0.25, 0.3) is 22.2 Å². The molecule has 0 unspecified atom stereocenters.